The van der Waals surface area contributed by atoms with Crippen molar-refractivity contribution in [3.63, 3.8) is 0 Å². The van der Waals surface area contributed by atoms with Gasteiger partial charge < -0.3 is 10.1 Å². The lowest BCUT2D eigenvalue weighted by molar-refractivity contribution is -0.121. The quantitative estimate of drug-likeness (QED) is 0.770. The maximum absolute atomic E-state index is 12.4. The first-order valence-electron chi connectivity index (χ1n) is 10.6. The Morgan fingerprint density at radius 3 is 3.10 bits per heavy atom. The molecule has 7 heteroatoms. The summed E-state index contributed by atoms with van der Waals surface area (Å²) in [4.78, 5) is 19.0. The van der Waals surface area contributed by atoms with Crippen LogP contribution in [-0.2, 0) is 29.5 Å². The number of hydrogen-bond acceptors (Lipinski definition) is 5. The summed E-state index contributed by atoms with van der Waals surface area (Å²) in [5, 5.41) is 7.47. The molecule has 0 aromatic carbocycles. The smallest absolute Gasteiger partial charge is 0.220 e. The van der Waals surface area contributed by atoms with E-state index in [1.807, 2.05) is 36.3 Å². The Hall–Kier alpha value is -2.25. The highest BCUT2D eigenvalue weighted by atomic mass is 16.5. The number of hydrogen-bond donors (Lipinski definition) is 1. The zero-order valence-corrected chi connectivity index (χ0v) is 17.0. The van der Waals surface area contributed by atoms with Gasteiger partial charge in [0.05, 0.1) is 17.9 Å². The van der Waals surface area contributed by atoms with E-state index < -0.39 is 0 Å². The summed E-state index contributed by atoms with van der Waals surface area (Å²) in [5.74, 6) is 1.05. The van der Waals surface area contributed by atoms with Crippen molar-refractivity contribution < 1.29 is 9.53 Å². The number of likely N-dealkylation sites (tertiary alicyclic amines) is 1. The van der Waals surface area contributed by atoms with Crippen LogP contribution in [0.2, 0.25) is 0 Å². The molecule has 3 fully saturated rings. The van der Waals surface area contributed by atoms with Crippen LogP contribution in [0.4, 0.5) is 0 Å². The molecular formula is C22H29N5O2. The zero-order valence-electron chi connectivity index (χ0n) is 17.0. The number of rotatable bonds is 7. The van der Waals surface area contributed by atoms with Gasteiger partial charge in [-0.1, -0.05) is 6.07 Å². The van der Waals surface area contributed by atoms with Gasteiger partial charge >= 0.3 is 0 Å². The van der Waals surface area contributed by atoms with Crippen LogP contribution >= 0.6 is 0 Å². The summed E-state index contributed by atoms with van der Waals surface area (Å²) >= 11 is 0. The molecule has 0 saturated carbocycles. The molecule has 1 amide bonds. The molecule has 5 heterocycles. The molecule has 0 aliphatic carbocycles. The van der Waals surface area contributed by atoms with Crippen LogP contribution in [0.5, 0.6) is 0 Å². The van der Waals surface area contributed by atoms with Gasteiger partial charge in [0.2, 0.25) is 5.91 Å². The Balaban J connectivity index is 1.16. The number of fused-ring (bicyclic) bond motifs is 1. The van der Waals surface area contributed by atoms with Crippen molar-refractivity contribution in [2.45, 2.75) is 43.9 Å². The minimum absolute atomic E-state index is 0.00201. The maximum Gasteiger partial charge on any atom is 0.220 e. The third-order valence-electron chi connectivity index (χ3n) is 6.92. The summed E-state index contributed by atoms with van der Waals surface area (Å²) < 4.78 is 8.37. The van der Waals surface area contributed by atoms with E-state index in [1.165, 1.54) is 5.56 Å². The average molecular weight is 396 g/mol. The predicted molar refractivity (Wildman–Crippen MR) is 108 cm³/mol. The van der Waals surface area contributed by atoms with E-state index >= 15 is 0 Å². The molecular weight excluding hydrogens is 366 g/mol. The fourth-order valence-electron chi connectivity index (χ4n) is 5.62. The number of carbonyl (C=O) groups is 1. The van der Waals surface area contributed by atoms with E-state index in [2.05, 4.69) is 26.5 Å². The molecule has 2 aromatic heterocycles. The number of aromatic nitrogens is 3. The molecule has 0 radical (unpaired) electrons. The summed E-state index contributed by atoms with van der Waals surface area (Å²) in [6, 6.07) is 3.93. The number of amides is 1. The molecule has 2 aromatic rings. The van der Waals surface area contributed by atoms with E-state index in [0.717, 1.165) is 51.0 Å². The minimum atomic E-state index is -0.00201. The van der Waals surface area contributed by atoms with Crippen molar-refractivity contribution in [2.75, 3.05) is 19.6 Å². The van der Waals surface area contributed by atoms with E-state index in [4.69, 9.17) is 4.74 Å². The van der Waals surface area contributed by atoms with E-state index in [9.17, 15) is 4.79 Å². The van der Waals surface area contributed by atoms with Gasteiger partial charge in [-0.05, 0) is 30.9 Å². The highest BCUT2D eigenvalue weighted by Gasteiger charge is 2.62. The molecule has 1 spiro atoms. The third kappa shape index (κ3) is 3.69. The fourth-order valence-corrected chi connectivity index (χ4v) is 5.62. The molecule has 2 bridgehead atoms. The molecule has 4 atom stereocenters. The Morgan fingerprint density at radius 2 is 2.31 bits per heavy atom. The second kappa shape index (κ2) is 7.54. The number of nitrogens with one attached hydrogen (secondary N) is 1. The zero-order chi connectivity index (χ0) is 19.8. The Kier molecular flexibility index (Phi) is 4.87. The molecule has 29 heavy (non-hydrogen) atoms. The summed E-state index contributed by atoms with van der Waals surface area (Å²) in [5.41, 5.74) is 2.35. The van der Waals surface area contributed by atoms with Crippen LogP contribution in [-0.4, -0.2) is 56.9 Å². The van der Waals surface area contributed by atoms with Crippen molar-refractivity contribution in [1.29, 1.82) is 0 Å². The Labute approximate surface area is 171 Å². The molecule has 5 rings (SSSR count). The number of carbonyl (C=O) groups excluding carboxylic acids is 1. The molecule has 0 unspecified atom stereocenters. The van der Waals surface area contributed by atoms with Crippen LogP contribution in [0.3, 0.4) is 0 Å². The summed E-state index contributed by atoms with van der Waals surface area (Å²) in [6.45, 7) is 3.68. The first-order valence-corrected chi connectivity index (χ1v) is 10.6. The third-order valence-corrected chi connectivity index (χ3v) is 6.92. The number of nitrogens with zero attached hydrogens (tertiary/aromatic N) is 4. The monoisotopic (exact) mass is 395 g/mol. The second-order valence-corrected chi connectivity index (χ2v) is 8.89. The minimum Gasteiger partial charge on any atom is -0.370 e. The van der Waals surface area contributed by atoms with Crippen LogP contribution < -0.4 is 5.32 Å². The van der Waals surface area contributed by atoms with Crippen molar-refractivity contribution in [1.82, 2.24) is 25.0 Å². The van der Waals surface area contributed by atoms with Gasteiger partial charge in [-0.3, -0.25) is 19.4 Å². The highest BCUT2D eigenvalue weighted by molar-refractivity contribution is 5.76. The van der Waals surface area contributed by atoms with Gasteiger partial charge in [-0.15, -0.1) is 0 Å². The van der Waals surface area contributed by atoms with Crippen molar-refractivity contribution >= 4 is 5.91 Å². The SMILES string of the molecule is Cn1cc(CN2C[C@@H]3[C@H](CNC(=O)CCc4cccnc4)[C@H]4CC[C@]3(C2)O4)cn1. The lowest BCUT2D eigenvalue weighted by Gasteiger charge is -2.29. The van der Waals surface area contributed by atoms with Crippen LogP contribution in [0.1, 0.15) is 30.4 Å². The van der Waals surface area contributed by atoms with Crippen LogP contribution in [0.15, 0.2) is 36.9 Å². The van der Waals surface area contributed by atoms with Gasteiger partial charge in [0.1, 0.15) is 0 Å². The van der Waals surface area contributed by atoms with E-state index in [0.29, 0.717) is 24.4 Å². The van der Waals surface area contributed by atoms with Gasteiger partial charge in [0.15, 0.2) is 0 Å². The molecule has 3 aliphatic heterocycles. The largest absolute Gasteiger partial charge is 0.370 e. The second-order valence-electron chi connectivity index (χ2n) is 8.89. The number of ether oxygens (including phenoxy) is 1. The first kappa shape index (κ1) is 18.8. The topological polar surface area (TPSA) is 72.3 Å². The van der Waals surface area contributed by atoms with Gasteiger partial charge in [-0.25, -0.2) is 0 Å². The van der Waals surface area contributed by atoms with Crippen molar-refractivity contribution in [3.8, 4) is 0 Å². The van der Waals surface area contributed by atoms with Gasteiger partial charge in [0.25, 0.3) is 0 Å². The Bertz CT molecular complexity index is 869. The molecule has 3 aliphatic rings. The highest BCUT2D eigenvalue weighted by Crippen LogP contribution is 2.54. The first-order chi connectivity index (χ1) is 14.1. The number of aryl methyl sites for hydroxylation is 2. The fraction of sp³-hybridized carbons (Fsp3) is 0.591. The van der Waals surface area contributed by atoms with E-state index in [-0.39, 0.29) is 11.5 Å². The predicted octanol–water partition coefficient (Wildman–Crippen LogP) is 1.54. The van der Waals surface area contributed by atoms with Crippen molar-refractivity contribution in [2.24, 2.45) is 18.9 Å². The lowest BCUT2D eigenvalue weighted by atomic mass is 9.73. The maximum atomic E-state index is 12.4. The number of pyridine rings is 1. The molecule has 1 N–H and O–H groups in total. The van der Waals surface area contributed by atoms with Crippen LogP contribution in [0.25, 0.3) is 0 Å². The standard InChI is InChI=1S/C22H29N5O2/c1-26-12-17(10-25-26)13-27-14-19-18(20-6-7-22(19,15-27)29-20)11-24-21(28)5-4-16-3-2-8-23-9-16/h2-3,8-10,12,18-20H,4-7,11,13-15H2,1H3,(H,24,28)/t18-,19+,20+,22+/m0/s1. The summed E-state index contributed by atoms with van der Waals surface area (Å²) in [6.07, 6.45) is 11.4. The average Bonchev–Trinajstić information content (AvgIpc) is 3.46. The lowest BCUT2D eigenvalue weighted by Crippen LogP contribution is -2.41. The molecule has 7 nitrogen and oxygen atoms in total. The Morgan fingerprint density at radius 1 is 1.38 bits per heavy atom. The van der Waals surface area contributed by atoms with Gasteiger partial charge in [0, 0.05) is 75.6 Å². The van der Waals surface area contributed by atoms with Crippen molar-refractivity contribution in [3.05, 3.63) is 48.0 Å². The van der Waals surface area contributed by atoms with Gasteiger partial charge in [-0.2, -0.15) is 5.10 Å². The van der Waals surface area contributed by atoms with E-state index in [1.54, 1.807) is 6.20 Å². The van der Waals surface area contributed by atoms with Crippen LogP contribution in [0, 0.1) is 11.8 Å². The summed E-state index contributed by atoms with van der Waals surface area (Å²) in [7, 11) is 1.96. The molecule has 154 valence electrons. The molecule has 3 saturated heterocycles. The normalized spacial score (nSPS) is 30.6.